The predicted molar refractivity (Wildman–Crippen MR) is 67.8 cm³/mol. The van der Waals surface area contributed by atoms with Gasteiger partial charge in [0.15, 0.2) is 17.7 Å². The van der Waals surface area contributed by atoms with E-state index in [0.29, 0.717) is 34.6 Å². The molecular formula is C12H14ClNO4. The zero-order valence-corrected chi connectivity index (χ0v) is 11.2. The maximum absolute atomic E-state index is 6.26. The number of hydrogen-bond donors (Lipinski definition) is 0. The molecule has 0 amide bonds. The van der Waals surface area contributed by atoms with Gasteiger partial charge in [-0.3, -0.25) is 0 Å². The molecule has 0 aromatic heterocycles. The van der Waals surface area contributed by atoms with Crippen LogP contribution in [0.15, 0.2) is 17.1 Å². The van der Waals surface area contributed by atoms with Crippen LogP contribution in [0.4, 0.5) is 0 Å². The minimum atomic E-state index is -0.288. The summed E-state index contributed by atoms with van der Waals surface area (Å²) in [7, 11) is 4.66. The average molecular weight is 272 g/mol. The molecule has 1 heterocycles. The number of rotatable bonds is 4. The van der Waals surface area contributed by atoms with E-state index in [1.807, 2.05) is 0 Å². The highest BCUT2D eigenvalue weighted by atomic mass is 35.5. The molecule has 18 heavy (non-hydrogen) atoms. The number of aliphatic imine (C=N–C) groups is 1. The Morgan fingerprint density at radius 2 is 2.06 bits per heavy atom. The topological polar surface area (TPSA) is 49.3 Å². The third kappa shape index (κ3) is 2.23. The van der Waals surface area contributed by atoms with Gasteiger partial charge in [-0.1, -0.05) is 11.6 Å². The summed E-state index contributed by atoms with van der Waals surface area (Å²) >= 11 is 6.26. The van der Waals surface area contributed by atoms with E-state index < -0.39 is 0 Å². The molecule has 6 heteroatoms. The van der Waals surface area contributed by atoms with Gasteiger partial charge in [-0.25, -0.2) is 4.99 Å². The summed E-state index contributed by atoms with van der Waals surface area (Å²) in [6.07, 6.45) is -0.288. The first-order chi connectivity index (χ1) is 8.71. The summed E-state index contributed by atoms with van der Waals surface area (Å²) in [5.41, 5.74) is 0.661. The van der Waals surface area contributed by atoms with Crippen molar-refractivity contribution < 1.29 is 18.9 Å². The van der Waals surface area contributed by atoms with Crippen LogP contribution >= 0.6 is 11.6 Å². The van der Waals surface area contributed by atoms with E-state index in [1.54, 1.807) is 26.4 Å². The van der Waals surface area contributed by atoms with Crippen molar-refractivity contribution in [3.8, 4) is 11.5 Å². The van der Waals surface area contributed by atoms with Gasteiger partial charge in [0.05, 0.1) is 24.8 Å². The van der Waals surface area contributed by atoms with Gasteiger partial charge in [0.2, 0.25) is 5.90 Å². The Morgan fingerprint density at radius 1 is 1.28 bits per heavy atom. The van der Waals surface area contributed by atoms with Crippen LogP contribution in [0.2, 0.25) is 5.02 Å². The highest BCUT2D eigenvalue weighted by Crippen LogP contribution is 2.38. The molecule has 1 aliphatic rings. The Balaban J connectivity index is 2.41. The summed E-state index contributed by atoms with van der Waals surface area (Å²) in [6.45, 7) is 0.385. The summed E-state index contributed by atoms with van der Waals surface area (Å²) in [5, 5.41) is 0.410. The number of hydrogen-bond acceptors (Lipinski definition) is 5. The molecule has 0 spiro atoms. The molecule has 0 radical (unpaired) electrons. The molecule has 5 nitrogen and oxygen atoms in total. The van der Waals surface area contributed by atoms with Gasteiger partial charge in [-0.2, -0.15) is 0 Å². The number of halogens is 1. The fourth-order valence-electron chi connectivity index (χ4n) is 1.68. The number of nitrogens with zero attached hydrogens (tertiary/aromatic N) is 1. The molecule has 1 aromatic rings. The molecule has 1 atom stereocenters. The highest BCUT2D eigenvalue weighted by molar-refractivity contribution is 6.35. The van der Waals surface area contributed by atoms with Crippen molar-refractivity contribution >= 4 is 17.5 Å². The van der Waals surface area contributed by atoms with E-state index in [0.717, 1.165) is 0 Å². The molecule has 1 unspecified atom stereocenters. The van der Waals surface area contributed by atoms with Crippen LogP contribution in [0.3, 0.4) is 0 Å². The summed E-state index contributed by atoms with van der Waals surface area (Å²) in [6, 6.07) is 3.53. The minimum Gasteiger partial charge on any atom is -0.493 e. The smallest absolute Gasteiger partial charge is 0.220 e. The zero-order valence-electron chi connectivity index (χ0n) is 10.4. The highest BCUT2D eigenvalue weighted by Gasteiger charge is 2.24. The van der Waals surface area contributed by atoms with Crippen molar-refractivity contribution in [2.45, 2.75) is 6.23 Å². The van der Waals surface area contributed by atoms with E-state index in [4.69, 9.17) is 30.5 Å². The lowest BCUT2D eigenvalue weighted by Gasteiger charge is -2.12. The predicted octanol–water partition coefficient (Wildman–Crippen LogP) is 2.11. The van der Waals surface area contributed by atoms with Gasteiger partial charge in [-0.15, -0.1) is 0 Å². The fourth-order valence-corrected chi connectivity index (χ4v) is 1.99. The van der Waals surface area contributed by atoms with Gasteiger partial charge in [0, 0.05) is 7.11 Å². The largest absolute Gasteiger partial charge is 0.493 e. The van der Waals surface area contributed by atoms with Gasteiger partial charge >= 0.3 is 0 Å². The van der Waals surface area contributed by atoms with Crippen molar-refractivity contribution in [1.29, 1.82) is 0 Å². The minimum absolute atomic E-state index is 0.288. The molecule has 1 aromatic carbocycles. The zero-order chi connectivity index (χ0) is 13.1. The van der Waals surface area contributed by atoms with Crippen LogP contribution in [-0.2, 0) is 9.47 Å². The quantitative estimate of drug-likeness (QED) is 0.842. The van der Waals surface area contributed by atoms with Crippen molar-refractivity contribution in [1.82, 2.24) is 0 Å². The first kappa shape index (κ1) is 13.0. The van der Waals surface area contributed by atoms with Crippen LogP contribution in [0, 0.1) is 0 Å². The van der Waals surface area contributed by atoms with E-state index >= 15 is 0 Å². The third-order valence-electron chi connectivity index (χ3n) is 2.61. The second-order valence-corrected chi connectivity index (χ2v) is 3.98. The van der Waals surface area contributed by atoms with E-state index in [2.05, 4.69) is 4.99 Å². The van der Waals surface area contributed by atoms with Gasteiger partial charge in [-0.05, 0) is 12.1 Å². The summed E-state index contributed by atoms with van der Waals surface area (Å²) in [4.78, 5) is 4.26. The number of ether oxygens (including phenoxy) is 4. The van der Waals surface area contributed by atoms with Crippen molar-refractivity contribution in [3.05, 3.63) is 22.7 Å². The molecule has 0 fully saturated rings. The Morgan fingerprint density at radius 3 is 2.61 bits per heavy atom. The molecule has 0 N–H and O–H groups in total. The summed E-state index contributed by atoms with van der Waals surface area (Å²) in [5.74, 6) is 1.48. The molecule has 2 rings (SSSR count). The molecule has 0 saturated heterocycles. The van der Waals surface area contributed by atoms with E-state index in [9.17, 15) is 0 Å². The van der Waals surface area contributed by atoms with Crippen LogP contribution in [-0.4, -0.2) is 40.1 Å². The second kappa shape index (κ2) is 5.46. The van der Waals surface area contributed by atoms with Crippen molar-refractivity contribution in [2.75, 3.05) is 27.9 Å². The maximum Gasteiger partial charge on any atom is 0.220 e. The first-order valence-corrected chi connectivity index (χ1v) is 5.73. The Kier molecular flexibility index (Phi) is 3.93. The Labute approximate surface area is 110 Å². The molecule has 1 aliphatic heterocycles. The first-order valence-electron chi connectivity index (χ1n) is 5.35. The van der Waals surface area contributed by atoms with E-state index in [1.165, 1.54) is 7.11 Å². The molecule has 0 saturated carbocycles. The SMILES string of the molecule is COc1ccc(C2=NC(OC)CO2)c(Cl)c1OC. The summed E-state index contributed by atoms with van der Waals surface area (Å²) < 4.78 is 20.9. The van der Waals surface area contributed by atoms with Crippen LogP contribution in [0.1, 0.15) is 5.56 Å². The van der Waals surface area contributed by atoms with Crippen LogP contribution in [0.25, 0.3) is 0 Å². The van der Waals surface area contributed by atoms with Crippen molar-refractivity contribution in [3.63, 3.8) is 0 Å². The lowest BCUT2D eigenvalue weighted by molar-refractivity contribution is 0.0833. The Hall–Kier alpha value is -1.46. The number of methoxy groups -OCH3 is 3. The lowest BCUT2D eigenvalue weighted by atomic mass is 10.2. The van der Waals surface area contributed by atoms with Gasteiger partial charge in [0.25, 0.3) is 0 Å². The third-order valence-corrected chi connectivity index (χ3v) is 2.99. The van der Waals surface area contributed by atoms with Gasteiger partial charge < -0.3 is 18.9 Å². The normalized spacial score (nSPS) is 18.2. The lowest BCUT2D eigenvalue weighted by Crippen LogP contribution is -2.07. The fraction of sp³-hybridized carbons (Fsp3) is 0.417. The second-order valence-electron chi connectivity index (χ2n) is 3.60. The molecular weight excluding hydrogens is 258 g/mol. The molecule has 0 aliphatic carbocycles. The van der Waals surface area contributed by atoms with Crippen molar-refractivity contribution in [2.24, 2.45) is 4.99 Å². The molecule has 0 bridgehead atoms. The number of benzene rings is 1. The average Bonchev–Trinajstić information content (AvgIpc) is 2.86. The van der Waals surface area contributed by atoms with Crippen LogP contribution < -0.4 is 9.47 Å². The van der Waals surface area contributed by atoms with Crippen LogP contribution in [0.5, 0.6) is 11.5 Å². The standard InChI is InChI=1S/C12H14ClNO4/c1-15-8-5-4-7(10(13)11(8)17-3)12-14-9(16-2)6-18-12/h4-5,9H,6H2,1-3H3. The van der Waals surface area contributed by atoms with Gasteiger partial charge in [0.1, 0.15) is 6.61 Å². The van der Waals surface area contributed by atoms with E-state index in [-0.39, 0.29) is 6.23 Å². The Bertz CT molecular complexity index is 475. The monoisotopic (exact) mass is 271 g/mol. The maximum atomic E-state index is 6.26. The molecule has 98 valence electrons.